The van der Waals surface area contributed by atoms with Gasteiger partial charge in [0, 0.05) is 24.9 Å². The molecule has 3 aliphatic rings. The lowest BCUT2D eigenvalue weighted by Crippen LogP contribution is -2.30. The van der Waals surface area contributed by atoms with E-state index in [0.29, 0.717) is 29.4 Å². The first kappa shape index (κ1) is 20.9. The van der Waals surface area contributed by atoms with Gasteiger partial charge in [-0.1, -0.05) is 18.0 Å². The van der Waals surface area contributed by atoms with Crippen molar-refractivity contribution >= 4 is 18.1 Å². The van der Waals surface area contributed by atoms with Gasteiger partial charge in [-0.2, -0.15) is 0 Å². The molecule has 0 N–H and O–H groups in total. The van der Waals surface area contributed by atoms with Crippen LogP contribution in [-0.2, 0) is 11.3 Å². The van der Waals surface area contributed by atoms with Gasteiger partial charge in [-0.05, 0) is 32.0 Å². The fourth-order valence-corrected chi connectivity index (χ4v) is 4.08. The lowest BCUT2D eigenvalue weighted by molar-refractivity contribution is 0.0852. The van der Waals surface area contributed by atoms with Crippen LogP contribution >= 0.6 is 12.4 Å². The molecule has 1 unspecified atom stereocenters. The molecular weight excluding hydrogens is 384 g/mol. The van der Waals surface area contributed by atoms with Gasteiger partial charge >= 0.3 is 0 Å². The first-order valence-electron chi connectivity index (χ1n) is 9.76. The summed E-state index contributed by atoms with van der Waals surface area (Å²) in [5.74, 6) is 2.55. The van der Waals surface area contributed by atoms with Crippen LogP contribution in [0.15, 0.2) is 11.2 Å². The van der Waals surface area contributed by atoms with E-state index in [1.54, 1.807) is 14.2 Å². The Morgan fingerprint density at radius 1 is 1.07 bits per heavy atom. The summed E-state index contributed by atoms with van der Waals surface area (Å²) in [4.78, 5) is 8.23. The van der Waals surface area contributed by atoms with Crippen molar-refractivity contribution in [3.63, 3.8) is 0 Å². The molecule has 3 heterocycles. The van der Waals surface area contributed by atoms with Crippen molar-refractivity contribution in [1.29, 1.82) is 0 Å². The Morgan fingerprint density at radius 2 is 1.82 bits per heavy atom. The molecule has 1 saturated heterocycles. The molecular formula is C20H29ClN2O5. The van der Waals surface area contributed by atoms with Crippen LogP contribution in [0.2, 0.25) is 0 Å². The molecule has 1 aromatic rings. The summed E-state index contributed by atoms with van der Waals surface area (Å²) in [5.41, 5.74) is 2.11. The number of hydrogen-bond donors (Lipinski definition) is 0. The number of oxime groups is 1. The third kappa shape index (κ3) is 4.41. The summed E-state index contributed by atoms with van der Waals surface area (Å²) in [5, 5.41) is 4.36. The van der Waals surface area contributed by atoms with E-state index in [1.165, 1.54) is 25.7 Å². The van der Waals surface area contributed by atoms with Crippen LogP contribution in [0.4, 0.5) is 0 Å². The van der Waals surface area contributed by atoms with Gasteiger partial charge in [0.1, 0.15) is 6.10 Å². The van der Waals surface area contributed by atoms with Gasteiger partial charge in [-0.15, -0.1) is 12.4 Å². The third-order valence-electron chi connectivity index (χ3n) is 5.41. The fourth-order valence-electron chi connectivity index (χ4n) is 4.08. The Balaban J connectivity index is 0.00000225. The first-order valence-corrected chi connectivity index (χ1v) is 9.76. The number of halogens is 1. The summed E-state index contributed by atoms with van der Waals surface area (Å²) in [6.45, 7) is 3.42. The maximum Gasteiger partial charge on any atom is 0.231 e. The highest BCUT2D eigenvalue weighted by Crippen LogP contribution is 2.49. The number of nitrogens with zero attached hydrogens (tertiary/aromatic N) is 2. The largest absolute Gasteiger partial charge is 0.493 e. The predicted molar refractivity (Wildman–Crippen MR) is 108 cm³/mol. The summed E-state index contributed by atoms with van der Waals surface area (Å²) < 4.78 is 22.2. The van der Waals surface area contributed by atoms with E-state index in [0.717, 1.165) is 37.3 Å². The van der Waals surface area contributed by atoms with Crippen LogP contribution in [0.3, 0.4) is 0 Å². The zero-order chi connectivity index (χ0) is 18.6. The van der Waals surface area contributed by atoms with Crippen LogP contribution < -0.4 is 18.9 Å². The average Bonchev–Trinajstić information content (AvgIpc) is 3.26. The van der Waals surface area contributed by atoms with E-state index in [-0.39, 0.29) is 25.3 Å². The summed E-state index contributed by atoms with van der Waals surface area (Å²) in [6, 6.07) is 1.95. The van der Waals surface area contributed by atoms with Gasteiger partial charge in [-0.25, -0.2) is 0 Å². The van der Waals surface area contributed by atoms with Crippen molar-refractivity contribution in [2.45, 2.75) is 44.6 Å². The molecule has 0 aliphatic carbocycles. The van der Waals surface area contributed by atoms with E-state index >= 15 is 0 Å². The van der Waals surface area contributed by atoms with Crippen LogP contribution in [0.5, 0.6) is 23.0 Å². The number of ether oxygens (including phenoxy) is 4. The monoisotopic (exact) mass is 412 g/mol. The lowest BCUT2D eigenvalue weighted by Gasteiger charge is -2.19. The Labute approximate surface area is 172 Å². The third-order valence-corrected chi connectivity index (χ3v) is 5.41. The molecule has 28 heavy (non-hydrogen) atoms. The van der Waals surface area contributed by atoms with E-state index in [1.807, 2.05) is 6.07 Å². The smallest absolute Gasteiger partial charge is 0.231 e. The summed E-state index contributed by atoms with van der Waals surface area (Å²) in [6.07, 6.45) is 6.78. The second-order valence-corrected chi connectivity index (χ2v) is 7.32. The number of likely N-dealkylation sites (tertiary alicyclic amines) is 1. The Hall–Kier alpha value is -1.86. The number of fused-ring (bicyclic) bond motifs is 1. The van der Waals surface area contributed by atoms with E-state index in [9.17, 15) is 0 Å². The van der Waals surface area contributed by atoms with Crippen molar-refractivity contribution in [3.8, 4) is 23.0 Å². The topological polar surface area (TPSA) is 61.8 Å². The van der Waals surface area contributed by atoms with Crippen LogP contribution in [0, 0.1) is 0 Å². The van der Waals surface area contributed by atoms with E-state index in [4.69, 9.17) is 23.8 Å². The van der Waals surface area contributed by atoms with Gasteiger partial charge in [0.25, 0.3) is 0 Å². The molecule has 0 saturated carbocycles. The molecule has 1 fully saturated rings. The zero-order valence-corrected chi connectivity index (χ0v) is 17.4. The second kappa shape index (κ2) is 9.56. The molecule has 7 nitrogen and oxygen atoms in total. The lowest BCUT2D eigenvalue weighted by atomic mass is 10.0. The SMILES string of the molecule is COc1cc(CC2CC(CN3CCCCCC3)=NO2)c(OC)c2c1OCO2.Cl. The van der Waals surface area contributed by atoms with Crippen molar-refractivity contribution in [3.05, 3.63) is 11.6 Å². The molecule has 8 heteroatoms. The van der Waals surface area contributed by atoms with Gasteiger partial charge in [0.2, 0.25) is 18.3 Å². The Kier molecular flexibility index (Phi) is 7.13. The normalized spacial score (nSPS) is 21.4. The van der Waals surface area contributed by atoms with E-state index in [2.05, 4.69) is 10.1 Å². The van der Waals surface area contributed by atoms with Crippen molar-refractivity contribution < 1.29 is 23.8 Å². The molecule has 0 aromatic heterocycles. The molecule has 4 rings (SSSR count). The zero-order valence-electron chi connectivity index (χ0n) is 16.6. The number of methoxy groups -OCH3 is 2. The number of rotatable bonds is 6. The standard InChI is InChI=1S/C20H28N2O5.ClH/c1-23-17-10-14(18(24-2)20-19(17)25-13-26-20)9-16-11-15(21-27-16)12-22-7-5-3-4-6-8-22;/h10,16H,3-9,11-13H2,1-2H3;1H. The second-order valence-electron chi connectivity index (χ2n) is 7.32. The Bertz CT molecular complexity index is 704. The van der Waals surface area contributed by atoms with E-state index < -0.39 is 0 Å². The molecule has 0 amide bonds. The van der Waals surface area contributed by atoms with Crippen LogP contribution in [0.25, 0.3) is 0 Å². The minimum Gasteiger partial charge on any atom is -0.493 e. The molecule has 0 radical (unpaired) electrons. The van der Waals surface area contributed by atoms with Gasteiger partial charge in [0.15, 0.2) is 11.5 Å². The average molecular weight is 413 g/mol. The molecule has 0 bridgehead atoms. The molecule has 1 aromatic carbocycles. The van der Waals surface area contributed by atoms with Gasteiger partial charge in [-0.3, -0.25) is 4.90 Å². The minimum absolute atomic E-state index is 0. The minimum atomic E-state index is 0. The molecule has 156 valence electrons. The highest BCUT2D eigenvalue weighted by molar-refractivity contribution is 5.87. The van der Waals surface area contributed by atoms with Gasteiger partial charge < -0.3 is 23.8 Å². The maximum atomic E-state index is 5.73. The van der Waals surface area contributed by atoms with Crippen LogP contribution in [-0.4, -0.2) is 57.4 Å². The molecule has 0 spiro atoms. The quantitative estimate of drug-likeness (QED) is 0.713. The Morgan fingerprint density at radius 3 is 2.54 bits per heavy atom. The number of hydrogen-bond acceptors (Lipinski definition) is 7. The van der Waals surface area contributed by atoms with Crippen molar-refractivity contribution in [1.82, 2.24) is 4.90 Å². The highest BCUT2D eigenvalue weighted by Gasteiger charge is 2.30. The van der Waals surface area contributed by atoms with Gasteiger partial charge in [0.05, 0.1) is 19.9 Å². The molecule has 3 aliphatic heterocycles. The highest BCUT2D eigenvalue weighted by atomic mass is 35.5. The van der Waals surface area contributed by atoms with Crippen LogP contribution in [0.1, 0.15) is 37.7 Å². The predicted octanol–water partition coefficient (Wildman–Crippen LogP) is 3.42. The summed E-state index contributed by atoms with van der Waals surface area (Å²) >= 11 is 0. The van der Waals surface area contributed by atoms with Crippen molar-refractivity contribution in [2.24, 2.45) is 5.16 Å². The number of benzene rings is 1. The van der Waals surface area contributed by atoms with Crippen molar-refractivity contribution in [2.75, 3.05) is 40.6 Å². The maximum absolute atomic E-state index is 5.73. The fraction of sp³-hybridized carbons (Fsp3) is 0.650. The molecule has 1 atom stereocenters. The summed E-state index contributed by atoms with van der Waals surface area (Å²) in [7, 11) is 3.27. The first-order chi connectivity index (χ1) is 13.3.